The van der Waals surface area contributed by atoms with Crippen molar-refractivity contribution in [2.75, 3.05) is 18.1 Å². The van der Waals surface area contributed by atoms with E-state index in [2.05, 4.69) is 116 Å². The molecule has 2 aromatic heterocycles. The van der Waals surface area contributed by atoms with E-state index in [1.807, 2.05) is 54.6 Å². The summed E-state index contributed by atoms with van der Waals surface area (Å²) in [6.45, 7) is 5.87. The Labute approximate surface area is 427 Å². The van der Waals surface area contributed by atoms with E-state index in [9.17, 15) is 15.2 Å². The number of hydrogen-bond acceptors (Lipinski definition) is 8. The van der Waals surface area contributed by atoms with Gasteiger partial charge >= 0.3 is 5.97 Å². The van der Waals surface area contributed by atoms with Crippen LogP contribution >= 0.6 is 11.3 Å². The summed E-state index contributed by atoms with van der Waals surface area (Å²) in [5.41, 5.74) is 13.7. The number of carboxylic acids is 1. The highest BCUT2D eigenvalue weighted by Gasteiger charge is 2.42. The predicted molar refractivity (Wildman–Crippen MR) is 294 cm³/mol. The Bertz CT molecular complexity index is 3270. The van der Waals surface area contributed by atoms with Crippen LogP contribution in [0.3, 0.4) is 0 Å². The Hall–Kier alpha value is -7.54. The number of aromatic nitrogens is 2. The summed E-state index contributed by atoms with van der Waals surface area (Å²) >= 11 is 1.43. The van der Waals surface area contributed by atoms with Gasteiger partial charge in [-0.15, -0.1) is 11.3 Å². The molecule has 2 aliphatic rings. The van der Waals surface area contributed by atoms with Crippen LogP contribution in [0.4, 0.5) is 11.4 Å². The van der Waals surface area contributed by atoms with Crippen molar-refractivity contribution in [3.8, 4) is 72.8 Å². The number of benzene rings is 6. The van der Waals surface area contributed by atoms with Crippen molar-refractivity contribution in [3.05, 3.63) is 162 Å². The Morgan fingerprint density at radius 3 is 1.99 bits per heavy atom. The number of carboxylic acid groups (broad SMARTS) is 1. The molecule has 1 fully saturated rings. The molecule has 0 amide bonds. The molecule has 1 N–H and O–H groups in total. The summed E-state index contributed by atoms with van der Waals surface area (Å²) in [5, 5.41) is 19.1. The van der Waals surface area contributed by atoms with Gasteiger partial charge < -0.3 is 19.5 Å². The summed E-state index contributed by atoms with van der Waals surface area (Å²) in [5.74, 6) is 0.877. The zero-order chi connectivity index (χ0) is 49.4. The molecular weight excluding hydrogens is 909 g/mol. The number of anilines is 2. The summed E-state index contributed by atoms with van der Waals surface area (Å²) < 4.78 is 12.7. The molecule has 6 aromatic carbocycles. The first kappa shape index (κ1) is 48.1. The first-order chi connectivity index (χ1) is 35.4. The Morgan fingerprint density at radius 2 is 1.32 bits per heavy atom. The van der Waals surface area contributed by atoms with Crippen molar-refractivity contribution in [1.82, 2.24) is 9.97 Å². The molecule has 10 rings (SSSR count). The van der Waals surface area contributed by atoms with Crippen LogP contribution in [0.2, 0.25) is 0 Å². The quantitative estimate of drug-likeness (QED) is 0.0457. The van der Waals surface area contributed by atoms with E-state index in [4.69, 9.17) is 19.4 Å². The SMILES string of the molecule is CCCCCCOc1ccc(-c2ccc(N3c4ccc(-c5ccc(-c6ccc(/C=C(/C#N)C(=O)O)s6)c6nc(-c7ccccc7)c(-c7ccccc7)nc56)cc4C4CCCC43)cc2)c(OCCCCCC)c1. The molecule has 2 atom stereocenters. The molecule has 0 saturated heterocycles. The van der Waals surface area contributed by atoms with E-state index in [1.165, 1.54) is 72.9 Å². The van der Waals surface area contributed by atoms with E-state index in [-0.39, 0.29) is 5.57 Å². The van der Waals surface area contributed by atoms with Gasteiger partial charge in [0.05, 0.1) is 35.6 Å². The topological polar surface area (TPSA) is 109 Å². The second kappa shape index (κ2) is 22.3. The molecule has 9 heteroatoms. The number of nitrogens with zero attached hydrogens (tertiary/aromatic N) is 4. The van der Waals surface area contributed by atoms with Gasteiger partial charge in [0.2, 0.25) is 0 Å². The molecule has 2 unspecified atom stereocenters. The number of thiophene rings is 1. The lowest BCUT2D eigenvalue weighted by molar-refractivity contribution is -0.132. The summed E-state index contributed by atoms with van der Waals surface area (Å²) in [4.78, 5) is 27.0. The number of rotatable bonds is 20. The Kier molecular flexibility index (Phi) is 14.9. The highest BCUT2D eigenvalue weighted by Crippen LogP contribution is 2.54. The number of unbranched alkanes of at least 4 members (excludes halogenated alkanes) is 6. The van der Waals surface area contributed by atoms with Gasteiger partial charge in [-0.3, -0.25) is 0 Å². The zero-order valence-corrected chi connectivity index (χ0v) is 42.0. The van der Waals surface area contributed by atoms with Crippen molar-refractivity contribution < 1.29 is 19.4 Å². The first-order valence-electron chi connectivity index (χ1n) is 25.8. The third-order valence-electron chi connectivity index (χ3n) is 14.2. The number of nitriles is 1. The van der Waals surface area contributed by atoms with Crippen LogP contribution in [0.5, 0.6) is 11.5 Å². The molecule has 8 aromatic rings. The minimum absolute atomic E-state index is 0.313. The van der Waals surface area contributed by atoms with Gasteiger partial charge in [0.15, 0.2) is 0 Å². The molecule has 1 aliphatic carbocycles. The summed E-state index contributed by atoms with van der Waals surface area (Å²) in [6.07, 6.45) is 14.1. The van der Waals surface area contributed by atoms with E-state index in [0.29, 0.717) is 30.1 Å². The van der Waals surface area contributed by atoms with E-state index < -0.39 is 5.97 Å². The van der Waals surface area contributed by atoms with Crippen LogP contribution in [0, 0.1) is 11.3 Å². The number of aliphatic carboxylic acids is 1. The summed E-state index contributed by atoms with van der Waals surface area (Å²) in [7, 11) is 0. The average Bonchev–Trinajstić information content (AvgIpc) is 4.17. The molecule has 1 saturated carbocycles. The van der Waals surface area contributed by atoms with Gasteiger partial charge in [-0.05, 0) is 97.0 Å². The minimum atomic E-state index is -1.25. The van der Waals surface area contributed by atoms with Crippen molar-refractivity contribution >= 4 is 45.8 Å². The maximum absolute atomic E-state index is 11.8. The van der Waals surface area contributed by atoms with Crippen LogP contribution in [-0.2, 0) is 4.79 Å². The van der Waals surface area contributed by atoms with E-state index in [1.54, 1.807) is 0 Å². The largest absolute Gasteiger partial charge is 0.493 e. The molecule has 3 heterocycles. The van der Waals surface area contributed by atoms with E-state index >= 15 is 0 Å². The highest BCUT2D eigenvalue weighted by molar-refractivity contribution is 7.16. The van der Waals surface area contributed by atoms with Crippen molar-refractivity contribution in [3.63, 3.8) is 0 Å². The number of carbonyl (C=O) groups is 1. The third kappa shape index (κ3) is 10.2. The lowest BCUT2D eigenvalue weighted by Crippen LogP contribution is -2.26. The first-order valence-corrected chi connectivity index (χ1v) is 26.6. The lowest BCUT2D eigenvalue weighted by Gasteiger charge is -2.27. The predicted octanol–water partition coefficient (Wildman–Crippen LogP) is 16.7. The molecule has 362 valence electrons. The Morgan fingerprint density at radius 1 is 0.681 bits per heavy atom. The smallest absolute Gasteiger partial charge is 0.346 e. The third-order valence-corrected chi connectivity index (χ3v) is 15.3. The van der Waals surface area contributed by atoms with Crippen molar-refractivity contribution in [2.45, 2.75) is 96.4 Å². The molecule has 1 aliphatic heterocycles. The van der Waals surface area contributed by atoms with Crippen molar-refractivity contribution in [2.24, 2.45) is 0 Å². The number of hydrogen-bond donors (Lipinski definition) is 1. The van der Waals surface area contributed by atoms with Crippen LogP contribution in [0.1, 0.15) is 101 Å². The second-order valence-corrected chi connectivity index (χ2v) is 20.1. The maximum atomic E-state index is 11.8. The lowest BCUT2D eigenvalue weighted by atomic mass is 9.92. The van der Waals surface area contributed by atoms with Gasteiger partial charge in [-0.25, -0.2) is 14.8 Å². The van der Waals surface area contributed by atoms with Gasteiger partial charge in [0, 0.05) is 67.0 Å². The average molecular weight is 969 g/mol. The monoisotopic (exact) mass is 968 g/mol. The van der Waals surface area contributed by atoms with Gasteiger partial charge in [0.1, 0.15) is 23.1 Å². The van der Waals surface area contributed by atoms with Crippen LogP contribution in [0.25, 0.3) is 72.3 Å². The second-order valence-electron chi connectivity index (χ2n) is 19.0. The highest BCUT2D eigenvalue weighted by atomic mass is 32.1. The molecule has 0 radical (unpaired) electrons. The number of fused-ring (bicyclic) bond motifs is 4. The zero-order valence-electron chi connectivity index (χ0n) is 41.1. The molecule has 72 heavy (non-hydrogen) atoms. The normalized spacial score (nSPS) is 15.1. The minimum Gasteiger partial charge on any atom is -0.493 e. The Balaban J connectivity index is 1.02. The molecular formula is C63H60N4O4S. The number of ether oxygens (including phenoxy) is 2. The van der Waals surface area contributed by atoms with Crippen LogP contribution in [0.15, 0.2) is 151 Å². The van der Waals surface area contributed by atoms with Gasteiger partial charge in [-0.2, -0.15) is 5.26 Å². The van der Waals surface area contributed by atoms with Gasteiger partial charge in [-0.1, -0.05) is 150 Å². The standard InChI is InChI=1S/C63H60N4O4S/c1-3-5-7-15-36-70-48-29-31-50(57(40-48)71-37-16-8-6-4-2)42-24-27-47(28-25-42)67-55-23-17-22-52(55)54-39-45(26-34-56(54)67)51-32-33-53(58-35-30-49(72-58)38-46(41-64)63(68)69)62-61(51)65-59(43-18-11-9-12-19-43)60(66-62)44-20-13-10-14-21-44/h9-14,18-21,24-35,38-40,52,55H,3-8,15-17,22-23,36-37H2,1-2H3,(H,68,69)/b46-38-. The maximum Gasteiger partial charge on any atom is 0.346 e. The van der Waals surface area contributed by atoms with Crippen LogP contribution in [-0.4, -0.2) is 40.3 Å². The summed E-state index contributed by atoms with van der Waals surface area (Å²) in [6, 6.07) is 53.0. The molecule has 0 spiro atoms. The van der Waals surface area contributed by atoms with E-state index in [0.717, 1.165) is 110 Å². The molecule has 8 nitrogen and oxygen atoms in total. The fourth-order valence-corrected chi connectivity index (χ4v) is 11.5. The fourth-order valence-electron chi connectivity index (χ4n) is 10.6. The molecule has 0 bridgehead atoms. The fraction of sp³-hybridized carbons (Fsp3) is 0.270. The van der Waals surface area contributed by atoms with Crippen LogP contribution < -0.4 is 14.4 Å². The van der Waals surface area contributed by atoms with Crippen molar-refractivity contribution in [1.29, 1.82) is 5.26 Å². The van der Waals surface area contributed by atoms with Gasteiger partial charge in [0.25, 0.3) is 0 Å².